The molecule has 0 saturated carbocycles. The van der Waals surface area contributed by atoms with Crippen LogP contribution in [0.5, 0.6) is 5.75 Å². The molecular formula is C23H18F2N4O. The van der Waals surface area contributed by atoms with E-state index in [1.165, 1.54) is 24.3 Å². The molecule has 30 heavy (non-hydrogen) atoms. The van der Waals surface area contributed by atoms with Crippen molar-refractivity contribution in [3.05, 3.63) is 78.1 Å². The van der Waals surface area contributed by atoms with Gasteiger partial charge >= 0.3 is 0 Å². The number of aromatic hydroxyl groups is 1. The summed E-state index contributed by atoms with van der Waals surface area (Å²) in [5.41, 5.74) is 3.64. The molecule has 7 heteroatoms. The van der Waals surface area contributed by atoms with Gasteiger partial charge < -0.3 is 14.2 Å². The highest BCUT2D eigenvalue weighted by Gasteiger charge is 2.18. The number of phenols is 1. The van der Waals surface area contributed by atoms with Crippen LogP contribution in [0.4, 0.5) is 8.78 Å². The van der Waals surface area contributed by atoms with Crippen LogP contribution in [0.2, 0.25) is 0 Å². The second-order valence-corrected chi connectivity index (χ2v) is 7.08. The summed E-state index contributed by atoms with van der Waals surface area (Å²) in [5, 5.41) is 9.56. The van der Waals surface area contributed by atoms with Crippen LogP contribution in [0.15, 0.2) is 60.7 Å². The van der Waals surface area contributed by atoms with Crippen molar-refractivity contribution >= 4 is 22.1 Å². The van der Waals surface area contributed by atoms with Crippen molar-refractivity contribution in [3.63, 3.8) is 0 Å². The van der Waals surface area contributed by atoms with Crippen molar-refractivity contribution in [2.45, 2.75) is 20.0 Å². The zero-order chi connectivity index (χ0) is 20.8. The summed E-state index contributed by atoms with van der Waals surface area (Å²) in [6.07, 6.45) is 0. The second kappa shape index (κ2) is 6.95. The number of rotatable bonds is 4. The van der Waals surface area contributed by atoms with Gasteiger partial charge in [0.2, 0.25) is 0 Å². The molecule has 0 saturated heterocycles. The number of imidazole rings is 2. The fraction of sp³-hybridized carbons (Fsp3) is 0.130. The number of aromatic nitrogens is 4. The fourth-order valence-corrected chi connectivity index (χ4v) is 3.87. The van der Waals surface area contributed by atoms with E-state index in [9.17, 15) is 13.9 Å². The van der Waals surface area contributed by atoms with E-state index in [4.69, 9.17) is 4.98 Å². The number of hydrogen-bond donors (Lipinski definition) is 1. The number of phenolic OH excluding ortho intramolecular Hbond substituents is 1. The van der Waals surface area contributed by atoms with Crippen LogP contribution in [-0.2, 0) is 13.1 Å². The molecule has 2 heterocycles. The summed E-state index contributed by atoms with van der Waals surface area (Å²) in [5.74, 6) is -0.125. The van der Waals surface area contributed by atoms with E-state index in [2.05, 4.69) is 4.98 Å². The van der Waals surface area contributed by atoms with Gasteiger partial charge in [-0.15, -0.1) is 0 Å². The van der Waals surface area contributed by atoms with E-state index in [0.29, 0.717) is 30.0 Å². The summed E-state index contributed by atoms with van der Waals surface area (Å²) >= 11 is 0. The SMILES string of the molecule is CCn1c(Cn2c(-c3ccc(O)c(F)c3)nc3ccccc32)nc2cc(F)ccc21. The molecule has 2 aromatic heterocycles. The molecule has 0 radical (unpaired) electrons. The number of nitrogens with zero attached hydrogens (tertiary/aromatic N) is 4. The maximum atomic E-state index is 14.0. The van der Waals surface area contributed by atoms with Crippen LogP contribution in [0.25, 0.3) is 33.5 Å². The van der Waals surface area contributed by atoms with Gasteiger partial charge in [0.05, 0.1) is 28.6 Å². The van der Waals surface area contributed by atoms with E-state index in [0.717, 1.165) is 22.4 Å². The third-order valence-corrected chi connectivity index (χ3v) is 5.27. The van der Waals surface area contributed by atoms with Crippen molar-refractivity contribution in [1.29, 1.82) is 0 Å². The Morgan fingerprint density at radius 1 is 0.867 bits per heavy atom. The molecule has 150 valence electrons. The molecule has 5 rings (SSSR count). The van der Waals surface area contributed by atoms with Crippen molar-refractivity contribution in [3.8, 4) is 17.1 Å². The summed E-state index contributed by atoms with van der Waals surface area (Å²) in [4.78, 5) is 9.34. The van der Waals surface area contributed by atoms with E-state index < -0.39 is 11.6 Å². The van der Waals surface area contributed by atoms with Crippen molar-refractivity contribution < 1.29 is 13.9 Å². The third kappa shape index (κ3) is 2.90. The average Bonchev–Trinajstić information content (AvgIpc) is 3.27. The number of hydrogen-bond acceptors (Lipinski definition) is 3. The molecule has 0 unspecified atom stereocenters. The highest BCUT2D eigenvalue weighted by Crippen LogP contribution is 2.29. The zero-order valence-electron chi connectivity index (χ0n) is 16.2. The third-order valence-electron chi connectivity index (χ3n) is 5.27. The van der Waals surface area contributed by atoms with Crippen LogP contribution in [0.3, 0.4) is 0 Å². The lowest BCUT2D eigenvalue weighted by atomic mass is 10.2. The van der Waals surface area contributed by atoms with Crippen molar-refractivity contribution in [1.82, 2.24) is 19.1 Å². The molecule has 3 aromatic carbocycles. The van der Waals surface area contributed by atoms with E-state index >= 15 is 0 Å². The lowest BCUT2D eigenvalue weighted by molar-refractivity contribution is 0.432. The van der Waals surface area contributed by atoms with Gasteiger partial charge in [-0.25, -0.2) is 18.7 Å². The average molecular weight is 404 g/mol. The molecule has 0 fully saturated rings. The molecule has 0 amide bonds. The largest absolute Gasteiger partial charge is 0.505 e. The first-order chi connectivity index (χ1) is 14.5. The molecule has 5 nitrogen and oxygen atoms in total. The Hall–Kier alpha value is -3.74. The first-order valence-corrected chi connectivity index (χ1v) is 9.64. The van der Waals surface area contributed by atoms with Crippen molar-refractivity contribution in [2.75, 3.05) is 0 Å². The lowest BCUT2D eigenvalue weighted by Crippen LogP contribution is -2.09. The smallest absolute Gasteiger partial charge is 0.165 e. The summed E-state index contributed by atoms with van der Waals surface area (Å²) in [6, 6.07) is 16.5. The van der Waals surface area contributed by atoms with Gasteiger partial charge in [0.15, 0.2) is 11.6 Å². The van der Waals surface area contributed by atoms with E-state index in [1.54, 1.807) is 12.1 Å². The number of para-hydroxylation sites is 2. The van der Waals surface area contributed by atoms with Gasteiger partial charge in [0.1, 0.15) is 17.5 Å². The van der Waals surface area contributed by atoms with Gasteiger partial charge in [-0.1, -0.05) is 12.1 Å². The number of aryl methyl sites for hydroxylation is 1. The van der Waals surface area contributed by atoms with Crippen LogP contribution < -0.4 is 0 Å². The monoisotopic (exact) mass is 404 g/mol. The summed E-state index contributed by atoms with van der Waals surface area (Å²) in [7, 11) is 0. The fourth-order valence-electron chi connectivity index (χ4n) is 3.87. The number of fused-ring (bicyclic) bond motifs is 2. The number of benzene rings is 3. The van der Waals surface area contributed by atoms with Gasteiger partial charge in [-0.05, 0) is 49.4 Å². The standard InChI is InChI=1S/C23H18F2N4O/c1-2-28-20-9-8-15(24)12-18(20)26-22(28)13-29-19-6-4-3-5-17(19)27-23(29)14-7-10-21(30)16(25)11-14/h3-12,30H,2,13H2,1H3. The highest BCUT2D eigenvalue weighted by atomic mass is 19.1. The first kappa shape index (κ1) is 18.3. The van der Waals surface area contributed by atoms with Gasteiger partial charge in [-0.2, -0.15) is 0 Å². The quantitative estimate of drug-likeness (QED) is 0.453. The minimum atomic E-state index is -0.706. The maximum absolute atomic E-state index is 14.0. The molecule has 0 aliphatic rings. The van der Waals surface area contributed by atoms with Crippen molar-refractivity contribution in [2.24, 2.45) is 0 Å². The van der Waals surface area contributed by atoms with Gasteiger partial charge in [0.25, 0.3) is 0 Å². The predicted molar refractivity (Wildman–Crippen MR) is 111 cm³/mol. The summed E-state index contributed by atoms with van der Waals surface area (Å²) in [6.45, 7) is 3.06. The summed E-state index contributed by atoms with van der Waals surface area (Å²) < 4.78 is 31.7. The molecule has 0 aliphatic carbocycles. The Labute approximate surface area is 170 Å². The number of halogens is 2. The molecule has 0 atom stereocenters. The molecule has 0 spiro atoms. The van der Waals surface area contributed by atoms with E-state index in [-0.39, 0.29) is 5.82 Å². The lowest BCUT2D eigenvalue weighted by Gasteiger charge is -2.11. The van der Waals surface area contributed by atoms with Gasteiger partial charge in [0, 0.05) is 18.2 Å². The Kier molecular flexibility index (Phi) is 4.24. The van der Waals surface area contributed by atoms with Crippen LogP contribution in [0.1, 0.15) is 12.7 Å². The maximum Gasteiger partial charge on any atom is 0.165 e. The molecule has 5 aromatic rings. The van der Waals surface area contributed by atoms with Gasteiger partial charge in [-0.3, -0.25) is 0 Å². The Balaban J connectivity index is 1.71. The van der Waals surface area contributed by atoms with Crippen LogP contribution in [-0.4, -0.2) is 24.2 Å². The molecular weight excluding hydrogens is 386 g/mol. The minimum absolute atomic E-state index is 0.330. The Bertz CT molecular complexity index is 1400. The predicted octanol–water partition coefficient (Wildman–Crippen LogP) is 5.11. The Morgan fingerprint density at radius 3 is 2.47 bits per heavy atom. The molecule has 0 aliphatic heterocycles. The molecule has 0 bridgehead atoms. The Morgan fingerprint density at radius 2 is 1.67 bits per heavy atom. The van der Waals surface area contributed by atoms with Crippen LogP contribution >= 0.6 is 0 Å². The topological polar surface area (TPSA) is 55.9 Å². The zero-order valence-corrected chi connectivity index (χ0v) is 16.2. The highest BCUT2D eigenvalue weighted by molar-refractivity contribution is 5.81. The normalized spacial score (nSPS) is 11.6. The minimum Gasteiger partial charge on any atom is -0.505 e. The first-order valence-electron chi connectivity index (χ1n) is 9.64. The second-order valence-electron chi connectivity index (χ2n) is 7.08. The molecule has 1 N–H and O–H groups in total. The van der Waals surface area contributed by atoms with E-state index in [1.807, 2.05) is 40.3 Å². The van der Waals surface area contributed by atoms with Crippen LogP contribution in [0, 0.1) is 11.6 Å².